The highest BCUT2D eigenvalue weighted by Gasteiger charge is 2.28. The normalized spacial score (nSPS) is 12.9. The fourth-order valence-electron chi connectivity index (χ4n) is 7.11. The molecule has 0 heteroatoms. The van der Waals surface area contributed by atoms with Crippen LogP contribution >= 0.6 is 0 Å². The fourth-order valence-corrected chi connectivity index (χ4v) is 7.11. The largest absolute Gasteiger partial charge is 0.0616 e. The lowest BCUT2D eigenvalue weighted by Gasteiger charge is -2.18. The molecule has 40 heavy (non-hydrogen) atoms. The van der Waals surface area contributed by atoms with Gasteiger partial charge in [0.05, 0.1) is 0 Å². The van der Waals surface area contributed by atoms with Crippen molar-refractivity contribution in [1.29, 1.82) is 0 Å². The van der Waals surface area contributed by atoms with Crippen molar-refractivity contribution < 1.29 is 0 Å². The second kappa shape index (κ2) is 8.15. The van der Waals surface area contributed by atoms with Crippen LogP contribution in [-0.2, 0) is 0 Å². The average molecular weight is 505 g/mol. The lowest BCUT2D eigenvalue weighted by Crippen LogP contribution is -1.95. The van der Waals surface area contributed by atoms with E-state index in [2.05, 4.69) is 146 Å². The summed E-state index contributed by atoms with van der Waals surface area (Å²) in [6, 6.07) is 53.8. The Morgan fingerprint density at radius 2 is 0.625 bits per heavy atom. The van der Waals surface area contributed by atoms with Crippen LogP contribution in [0.25, 0.3) is 65.0 Å². The number of hydrogen-bond acceptors (Lipinski definition) is 0. The van der Waals surface area contributed by atoms with Crippen molar-refractivity contribution in [3.63, 3.8) is 0 Å². The molecule has 0 bridgehead atoms. The molecule has 0 aliphatic heterocycles. The number of benzene rings is 8. The number of rotatable bonds is 2. The molecule has 0 amide bonds. The second-order valence-corrected chi connectivity index (χ2v) is 10.8. The molecule has 0 N–H and O–H groups in total. The molecule has 0 saturated heterocycles. The Morgan fingerprint density at radius 1 is 0.250 bits per heavy atom. The Balaban J connectivity index is 1.52. The molecule has 8 aromatic carbocycles. The van der Waals surface area contributed by atoms with Crippen LogP contribution in [0.1, 0.15) is 22.3 Å². The highest BCUT2D eigenvalue weighted by molar-refractivity contribution is 6.27. The minimum absolute atomic E-state index is 1.27. The van der Waals surface area contributed by atoms with Crippen molar-refractivity contribution in [2.75, 3.05) is 0 Å². The van der Waals surface area contributed by atoms with Crippen LogP contribution in [0.4, 0.5) is 0 Å². The molecule has 0 fully saturated rings. The zero-order chi connectivity index (χ0) is 26.2. The van der Waals surface area contributed by atoms with Gasteiger partial charge in [0.25, 0.3) is 0 Å². The first-order valence-corrected chi connectivity index (χ1v) is 14.0. The Morgan fingerprint density at radius 3 is 1.10 bits per heavy atom. The molecule has 0 nitrogen and oxygen atoms in total. The molecular formula is C40H24. The molecule has 184 valence electrons. The van der Waals surface area contributed by atoms with Crippen LogP contribution in [0.2, 0.25) is 0 Å². The zero-order valence-corrected chi connectivity index (χ0v) is 21.9. The highest BCUT2D eigenvalue weighted by atomic mass is 14.3. The Hall–Kier alpha value is -5.20. The maximum Gasteiger partial charge on any atom is -0.00134 e. The van der Waals surface area contributed by atoms with Crippen LogP contribution in [-0.4, -0.2) is 0 Å². The summed E-state index contributed by atoms with van der Waals surface area (Å²) >= 11 is 0. The van der Waals surface area contributed by atoms with Gasteiger partial charge in [-0.3, -0.25) is 0 Å². The van der Waals surface area contributed by atoms with Crippen molar-refractivity contribution >= 4 is 65.0 Å². The van der Waals surface area contributed by atoms with Crippen molar-refractivity contribution in [2.45, 2.75) is 0 Å². The van der Waals surface area contributed by atoms with Crippen LogP contribution in [0.3, 0.4) is 0 Å². The monoisotopic (exact) mass is 504 g/mol. The van der Waals surface area contributed by atoms with E-state index >= 15 is 0 Å². The summed E-state index contributed by atoms with van der Waals surface area (Å²) < 4.78 is 0. The molecule has 0 unspecified atom stereocenters. The van der Waals surface area contributed by atoms with Crippen molar-refractivity contribution in [3.05, 3.63) is 168 Å². The van der Waals surface area contributed by atoms with Gasteiger partial charge in [0.1, 0.15) is 0 Å². The summed E-state index contributed by atoms with van der Waals surface area (Å²) in [5, 5.41) is 13.0. The van der Waals surface area contributed by atoms with Crippen LogP contribution in [0, 0.1) is 0 Å². The van der Waals surface area contributed by atoms with E-state index in [0.717, 1.165) is 0 Å². The van der Waals surface area contributed by atoms with Gasteiger partial charge in [-0.1, -0.05) is 133 Å². The van der Waals surface area contributed by atoms with E-state index in [1.807, 2.05) is 0 Å². The number of fused-ring (bicyclic) bond motifs is 6. The maximum atomic E-state index is 2.42. The fraction of sp³-hybridized carbons (Fsp3) is 0. The van der Waals surface area contributed by atoms with Crippen LogP contribution < -0.4 is 0 Å². The van der Waals surface area contributed by atoms with E-state index in [4.69, 9.17) is 0 Å². The predicted molar refractivity (Wildman–Crippen MR) is 172 cm³/mol. The van der Waals surface area contributed by atoms with Crippen molar-refractivity contribution in [1.82, 2.24) is 0 Å². The van der Waals surface area contributed by atoms with Crippen molar-refractivity contribution in [2.24, 2.45) is 0 Å². The first kappa shape index (κ1) is 21.7. The molecule has 0 atom stereocenters. The minimum atomic E-state index is 1.27. The summed E-state index contributed by atoms with van der Waals surface area (Å²) in [5.74, 6) is 0. The summed E-state index contributed by atoms with van der Waals surface area (Å²) in [6.07, 6.45) is 0. The SMILES string of the molecule is c1cc2c3c(cccc3c1)C(c1cc3ccccc3c3ccccc13)=C2c1cc2ccccc2c2ccccc12. The van der Waals surface area contributed by atoms with Gasteiger partial charge >= 0.3 is 0 Å². The van der Waals surface area contributed by atoms with Crippen LogP contribution in [0.5, 0.6) is 0 Å². The predicted octanol–water partition coefficient (Wildman–Crippen LogP) is 10.8. The lowest BCUT2D eigenvalue weighted by atomic mass is 9.85. The average Bonchev–Trinajstić information content (AvgIpc) is 3.36. The van der Waals surface area contributed by atoms with E-state index in [0.29, 0.717) is 0 Å². The van der Waals surface area contributed by atoms with Gasteiger partial charge < -0.3 is 0 Å². The van der Waals surface area contributed by atoms with E-state index < -0.39 is 0 Å². The van der Waals surface area contributed by atoms with Crippen molar-refractivity contribution in [3.8, 4) is 0 Å². The maximum absolute atomic E-state index is 2.42. The van der Waals surface area contributed by atoms with Gasteiger partial charge in [-0.05, 0) is 99.4 Å². The summed E-state index contributed by atoms with van der Waals surface area (Å²) in [6.45, 7) is 0. The first-order valence-electron chi connectivity index (χ1n) is 14.0. The summed E-state index contributed by atoms with van der Waals surface area (Å²) in [7, 11) is 0. The molecule has 8 aromatic rings. The molecule has 0 radical (unpaired) electrons. The third kappa shape index (κ3) is 2.91. The highest BCUT2D eigenvalue weighted by Crippen LogP contribution is 2.51. The third-order valence-corrected chi connectivity index (χ3v) is 8.77. The van der Waals surface area contributed by atoms with E-state index in [-0.39, 0.29) is 0 Å². The van der Waals surface area contributed by atoms with Crippen LogP contribution in [0.15, 0.2) is 146 Å². The quantitative estimate of drug-likeness (QED) is 0.205. The number of hydrogen-bond donors (Lipinski definition) is 0. The van der Waals surface area contributed by atoms with E-state index in [9.17, 15) is 0 Å². The lowest BCUT2D eigenvalue weighted by molar-refractivity contribution is 1.65. The smallest absolute Gasteiger partial charge is 0.00134 e. The third-order valence-electron chi connectivity index (χ3n) is 8.77. The molecule has 1 aliphatic carbocycles. The molecule has 0 aromatic heterocycles. The van der Waals surface area contributed by atoms with Gasteiger partial charge in [0.15, 0.2) is 0 Å². The van der Waals surface area contributed by atoms with Gasteiger partial charge in [-0.25, -0.2) is 0 Å². The molecule has 1 aliphatic rings. The molecule has 0 heterocycles. The molecule has 0 saturated carbocycles. The minimum Gasteiger partial charge on any atom is -0.0616 e. The summed E-state index contributed by atoms with van der Waals surface area (Å²) in [5.41, 5.74) is 7.89. The van der Waals surface area contributed by atoms with E-state index in [1.54, 1.807) is 0 Å². The van der Waals surface area contributed by atoms with Gasteiger partial charge in [0.2, 0.25) is 0 Å². The molecule has 0 spiro atoms. The second-order valence-electron chi connectivity index (χ2n) is 10.8. The Bertz CT molecular complexity index is 2200. The molecule has 9 rings (SSSR count). The van der Waals surface area contributed by atoms with Gasteiger partial charge in [-0.2, -0.15) is 0 Å². The van der Waals surface area contributed by atoms with E-state index in [1.165, 1.54) is 87.3 Å². The zero-order valence-electron chi connectivity index (χ0n) is 21.9. The topological polar surface area (TPSA) is 0 Å². The van der Waals surface area contributed by atoms with Gasteiger partial charge in [0, 0.05) is 0 Å². The molecular weight excluding hydrogens is 480 g/mol. The standard InChI is InChI=1S/C40H24/c1-3-15-28-26(11-1)23-36(32-19-7-5-17-30(28)32)39-34-21-9-13-25-14-10-22-35(38(25)34)40(39)37-24-27-12-2-4-16-29(27)31-18-6-8-20-33(31)37/h1-24H. The Kier molecular flexibility index (Phi) is 4.42. The summed E-state index contributed by atoms with van der Waals surface area (Å²) in [4.78, 5) is 0. The first-order chi connectivity index (χ1) is 19.9. The van der Waals surface area contributed by atoms with Gasteiger partial charge in [-0.15, -0.1) is 0 Å². The Labute approximate surface area is 232 Å².